The Labute approximate surface area is 116 Å². The molecule has 0 amide bonds. The topological polar surface area (TPSA) is 48.1 Å². The lowest BCUT2D eigenvalue weighted by molar-refractivity contribution is 0.105. The maximum Gasteiger partial charge on any atom is 0.128 e. The Morgan fingerprint density at radius 2 is 2.05 bits per heavy atom. The molecule has 19 heavy (non-hydrogen) atoms. The van der Waals surface area contributed by atoms with Gasteiger partial charge in [-0.15, -0.1) is 0 Å². The number of hydrogen-bond acceptors (Lipinski definition) is 3. The largest absolute Gasteiger partial charge is 0.388 e. The molecule has 2 N–H and O–H groups in total. The van der Waals surface area contributed by atoms with Gasteiger partial charge in [-0.3, -0.25) is 4.98 Å². The predicted octanol–water partition coefficient (Wildman–Crippen LogP) is 2.57. The highest BCUT2D eigenvalue weighted by Crippen LogP contribution is 2.10. The lowest BCUT2D eigenvalue weighted by Crippen LogP contribution is -2.11. The first-order valence-electron chi connectivity index (χ1n) is 5.72. The highest BCUT2D eigenvalue weighted by Gasteiger charge is 2.03. The van der Waals surface area contributed by atoms with Crippen molar-refractivity contribution in [1.29, 1.82) is 0 Å². The first-order valence-corrected chi connectivity index (χ1v) is 6.13. The maximum atomic E-state index is 13.4. The fourth-order valence-electron chi connectivity index (χ4n) is 1.59. The molecular weight excluding hydrogens is 263 g/mol. The second-order valence-electron chi connectivity index (χ2n) is 4.00. The molecule has 0 aliphatic rings. The van der Waals surface area contributed by atoms with Crippen molar-refractivity contribution in [1.82, 2.24) is 4.98 Å². The fourth-order valence-corrected chi connectivity index (χ4v) is 1.70. The summed E-state index contributed by atoms with van der Waals surface area (Å²) in [6.45, 7) is 0.573. The number of thiocarbonyl (C=S) groups is 1. The number of hydrogen-bond donors (Lipinski definition) is 1. The Morgan fingerprint density at radius 1 is 1.26 bits per heavy atom. The predicted molar refractivity (Wildman–Crippen MR) is 75.0 cm³/mol. The summed E-state index contributed by atoms with van der Waals surface area (Å²) in [5.74, 6) is -0.263. The standard InChI is InChI=1S/C14H13FN2OS/c15-12-4-2-1-3-11(12)9-18-8-10-5-6-17-13(7-10)14(16)19/h1-7H,8-9H2,(H2,16,19). The van der Waals surface area contributed by atoms with Crippen molar-refractivity contribution in [3.8, 4) is 0 Å². The van der Waals surface area contributed by atoms with Gasteiger partial charge in [0.25, 0.3) is 0 Å². The first-order chi connectivity index (χ1) is 9.16. The van der Waals surface area contributed by atoms with Crippen molar-refractivity contribution in [2.45, 2.75) is 13.2 Å². The van der Waals surface area contributed by atoms with Gasteiger partial charge >= 0.3 is 0 Å². The average molecular weight is 276 g/mol. The van der Waals surface area contributed by atoms with Crippen molar-refractivity contribution in [2.24, 2.45) is 5.73 Å². The second kappa shape index (κ2) is 6.36. The van der Waals surface area contributed by atoms with Crippen molar-refractivity contribution in [2.75, 3.05) is 0 Å². The van der Waals surface area contributed by atoms with Crippen LogP contribution in [0, 0.1) is 5.82 Å². The summed E-state index contributed by atoms with van der Waals surface area (Å²) in [5.41, 5.74) is 7.49. The van der Waals surface area contributed by atoms with E-state index in [0.29, 0.717) is 17.9 Å². The molecule has 0 aliphatic heterocycles. The van der Waals surface area contributed by atoms with E-state index in [2.05, 4.69) is 4.98 Å². The normalized spacial score (nSPS) is 10.4. The minimum Gasteiger partial charge on any atom is -0.388 e. The summed E-state index contributed by atoms with van der Waals surface area (Å²) in [5, 5.41) is 0. The van der Waals surface area contributed by atoms with E-state index in [0.717, 1.165) is 5.56 Å². The number of aromatic nitrogens is 1. The number of nitrogens with zero attached hydrogens (tertiary/aromatic N) is 1. The summed E-state index contributed by atoms with van der Waals surface area (Å²) in [7, 11) is 0. The lowest BCUT2D eigenvalue weighted by atomic mass is 10.2. The molecule has 0 spiro atoms. The van der Waals surface area contributed by atoms with E-state index in [-0.39, 0.29) is 17.4 Å². The maximum absolute atomic E-state index is 13.4. The lowest BCUT2D eigenvalue weighted by Gasteiger charge is -2.06. The van der Waals surface area contributed by atoms with E-state index in [9.17, 15) is 4.39 Å². The van der Waals surface area contributed by atoms with Crippen molar-refractivity contribution >= 4 is 17.2 Å². The molecule has 2 aromatic rings. The third kappa shape index (κ3) is 3.81. The Morgan fingerprint density at radius 3 is 2.79 bits per heavy atom. The van der Waals surface area contributed by atoms with Crippen LogP contribution in [0.15, 0.2) is 42.6 Å². The molecule has 0 bridgehead atoms. The highest BCUT2D eigenvalue weighted by molar-refractivity contribution is 7.80. The van der Waals surface area contributed by atoms with Gasteiger partial charge in [-0.05, 0) is 23.8 Å². The SMILES string of the molecule is NC(=S)c1cc(COCc2ccccc2F)ccn1. The molecule has 5 heteroatoms. The number of nitrogens with two attached hydrogens (primary N) is 1. The van der Waals surface area contributed by atoms with Crippen LogP contribution in [0.4, 0.5) is 4.39 Å². The van der Waals surface area contributed by atoms with E-state index in [4.69, 9.17) is 22.7 Å². The van der Waals surface area contributed by atoms with Gasteiger partial charge in [0.15, 0.2) is 0 Å². The molecule has 0 saturated carbocycles. The quantitative estimate of drug-likeness (QED) is 0.853. The fraction of sp³-hybridized carbons (Fsp3) is 0.143. The van der Waals surface area contributed by atoms with Gasteiger partial charge in [0.05, 0.1) is 18.9 Å². The third-order valence-corrected chi connectivity index (χ3v) is 2.77. The van der Waals surface area contributed by atoms with Crippen molar-refractivity contribution in [3.05, 3.63) is 65.2 Å². The van der Waals surface area contributed by atoms with Gasteiger partial charge in [-0.2, -0.15) is 0 Å². The number of rotatable bonds is 5. The van der Waals surface area contributed by atoms with Crippen LogP contribution in [0.3, 0.4) is 0 Å². The molecular formula is C14H13FN2OS. The first kappa shape index (κ1) is 13.6. The third-order valence-electron chi connectivity index (χ3n) is 2.56. The second-order valence-corrected chi connectivity index (χ2v) is 4.44. The Hall–Kier alpha value is -1.85. The molecule has 0 unspecified atom stereocenters. The van der Waals surface area contributed by atoms with Gasteiger partial charge in [-0.25, -0.2) is 4.39 Å². The van der Waals surface area contributed by atoms with Gasteiger partial charge in [0, 0.05) is 11.8 Å². The molecule has 0 radical (unpaired) electrons. The molecule has 0 atom stereocenters. The van der Waals surface area contributed by atoms with Gasteiger partial charge in [-0.1, -0.05) is 30.4 Å². The summed E-state index contributed by atoms with van der Waals surface area (Å²) < 4.78 is 18.8. The van der Waals surface area contributed by atoms with Crippen LogP contribution >= 0.6 is 12.2 Å². The van der Waals surface area contributed by atoms with Crippen LogP contribution < -0.4 is 5.73 Å². The average Bonchev–Trinajstić information content (AvgIpc) is 2.41. The number of pyridine rings is 1. The molecule has 0 aliphatic carbocycles. The van der Waals surface area contributed by atoms with Crippen LogP contribution in [-0.2, 0) is 18.0 Å². The summed E-state index contributed by atoms with van der Waals surface area (Å²) in [4.78, 5) is 4.28. The zero-order valence-electron chi connectivity index (χ0n) is 10.2. The van der Waals surface area contributed by atoms with Gasteiger partial charge < -0.3 is 10.5 Å². The van der Waals surface area contributed by atoms with Gasteiger partial charge in [0.2, 0.25) is 0 Å². The molecule has 0 fully saturated rings. The number of halogens is 1. The Balaban J connectivity index is 1.94. The monoisotopic (exact) mass is 276 g/mol. The summed E-state index contributed by atoms with van der Waals surface area (Å²) in [6, 6.07) is 10.1. The van der Waals surface area contributed by atoms with Crippen LogP contribution in [0.5, 0.6) is 0 Å². The van der Waals surface area contributed by atoms with E-state index in [1.165, 1.54) is 6.07 Å². The number of ether oxygens (including phenoxy) is 1. The molecule has 0 saturated heterocycles. The van der Waals surface area contributed by atoms with Crippen LogP contribution in [0.1, 0.15) is 16.8 Å². The van der Waals surface area contributed by atoms with Crippen molar-refractivity contribution < 1.29 is 9.13 Å². The summed E-state index contributed by atoms with van der Waals surface area (Å²) >= 11 is 4.85. The Bertz CT molecular complexity index is 589. The molecule has 1 heterocycles. The highest BCUT2D eigenvalue weighted by atomic mass is 32.1. The summed E-state index contributed by atoms with van der Waals surface area (Å²) in [6.07, 6.45) is 1.62. The van der Waals surface area contributed by atoms with Crippen LogP contribution in [0.25, 0.3) is 0 Å². The Kier molecular flexibility index (Phi) is 4.54. The van der Waals surface area contributed by atoms with Crippen molar-refractivity contribution in [3.63, 3.8) is 0 Å². The zero-order valence-corrected chi connectivity index (χ0v) is 11.0. The minimum atomic E-state index is -0.263. The molecule has 98 valence electrons. The van der Waals surface area contributed by atoms with E-state index < -0.39 is 0 Å². The molecule has 3 nitrogen and oxygen atoms in total. The molecule has 1 aromatic heterocycles. The van der Waals surface area contributed by atoms with Crippen LogP contribution in [0.2, 0.25) is 0 Å². The van der Waals surface area contributed by atoms with E-state index >= 15 is 0 Å². The molecule has 2 rings (SSSR count). The molecule has 1 aromatic carbocycles. The zero-order chi connectivity index (χ0) is 13.7. The van der Waals surface area contributed by atoms with Gasteiger partial charge in [0.1, 0.15) is 10.8 Å². The van der Waals surface area contributed by atoms with E-state index in [1.807, 2.05) is 6.07 Å². The number of benzene rings is 1. The smallest absolute Gasteiger partial charge is 0.128 e. The van der Waals surface area contributed by atoms with E-state index in [1.54, 1.807) is 30.5 Å². The minimum absolute atomic E-state index is 0.220. The van der Waals surface area contributed by atoms with Crippen LogP contribution in [-0.4, -0.2) is 9.97 Å².